The summed E-state index contributed by atoms with van der Waals surface area (Å²) in [5, 5.41) is 0. The number of anilines is 1. The van der Waals surface area contributed by atoms with E-state index in [1.54, 1.807) is 29.9 Å². The Morgan fingerprint density at radius 3 is 2.54 bits per heavy atom. The molecule has 0 aliphatic rings. The third-order valence-electron chi connectivity index (χ3n) is 4.61. The van der Waals surface area contributed by atoms with Crippen LogP contribution in [0.3, 0.4) is 0 Å². The van der Waals surface area contributed by atoms with Crippen molar-refractivity contribution in [2.24, 2.45) is 4.99 Å². The lowest BCUT2D eigenvalue weighted by Gasteiger charge is -2.20. The Balaban J connectivity index is 1.99. The Labute approximate surface area is 167 Å². The molecular weight excluding hydrogens is 377 g/mol. The second kappa shape index (κ2) is 9.12. The first-order chi connectivity index (χ1) is 13.6. The molecule has 3 rings (SSSR count). The number of amides is 1. The maximum absolute atomic E-state index is 14.3. The van der Waals surface area contributed by atoms with Crippen LogP contribution in [0.1, 0.15) is 24.2 Å². The van der Waals surface area contributed by atoms with E-state index in [0.717, 1.165) is 23.5 Å². The van der Waals surface area contributed by atoms with Crippen molar-refractivity contribution in [1.29, 1.82) is 0 Å². The minimum atomic E-state index is -0.343. The van der Waals surface area contributed by atoms with Crippen molar-refractivity contribution >= 4 is 33.1 Å². The number of nitrogens with zero attached hydrogens (tertiary/aromatic N) is 3. The van der Waals surface area contributed by atoms with E-state index in [9.17, 15) is 9.18 Å². The summed E-state index contributed by atoms with van der Waals surface area (Å²) in [5.41, 5.74) is 2.03. The number of para-hydroxylation sites is 1. The second-order valence-electron chi connectivity index (χ2n) is 6.25. The van der Waals surface area contributed by atoms with E-state index >= 15 is 0 Å². The van der Waals surface area contributed by atoms with E-state index in [4.69, 9.17) is 4.74 Å². The summed E-state index contributed by atoms with van der Waals surface area (Å²) in [6.07, 6.45) is 0. The number of carbonyl (C=O) groups is 1. The van der Waals surface area contributed by atoms with Crippen LogP contribution in [0.15, 0.2) is 47.5 Å². The lowest BCUT2D eigenvalue weighted by molar-refractivity contribution is 0.0997. The van der Waals surface area contributed by atoms with E-state index in [1.165, 1.54) is 17.4 Å². The number of hydrogen-bond donors (Lipinski definition) is 0. The van der Waals surface area contributed by atoms with Crippen LogP contribution in [0.5, 0.6) is 0 Å². The van der Waals surface area contributed by atoms with Gasteiger partial charge in [-0.2, -0.15) is 4.99 Å². The minimum absolute atomic E-state index is 0.331. The van der Waals surface area contributed by atoms with Crippen LogP contribution in [0.4, 0.5) is 10.1 Å². The molecular formula is C21H24FN3O2S. The van der Waals surface area contributed by atoms with Crippen LogP contribution in [-0.4, -0.2) is 37.3 Å². The summed E-state index contributed by atoms with van der Waals surface area (Å²) in [7, 11) is 1.59. The third kappa shape index (κ3) is 4.15. The Kier molecular flexibility index (Phi) is 6.59. The number of halogens is 1. The van der Waals surface area contributed by atoms with Gasteiger partial charge in [0.2, 0.25) is 0 Å². The first-order valence-electron chi connectivity index (χ1n) is 9.29. The van der Waals surface area contributed by atoms with Gasteiger partial charge in [0.1, 0.15) is 5.82 Å². The zero-order valence-corrected chi connectivity index (χ0v) is 17.1. The number of thiazole rings is 1. The predicted octanol–water partition coefficient (Wildman–Crippen LogP) is 4.08. The lowest BCUT2D eigenvalue weighted by Crippen LogP contribution is -2.22. The first kappa shape index (κ1) is 20.2. The molecule has 0 saturated heterocycles. The molecule has 0 bridgehead atoms. The highest BCUT2D eigenvalue weighted by atomic mass is 32.1. The third-order valence-corrected chi connectivity index (χ3v) is 5.65. The fraction of sp³-hybridized carbons (Fsp3) is 0.333. The van der Waals surface area contributed by atoms with Gasteiger partial charge >= 0.3 is 0 Å². The van der Waals surface area contributed by atoms with Gasteiger partial charge in [-0.1, -0.05) is 17.4 Å². The van der Waals surface area contributed by atoms with Crippen molar-refractivity contribution in [2.45, 2.75) is 20.4 Å². The molecule has 0 fully saturated rings. The number of rotatable bonds is 7. The quantitative estimate of drug-likeness (QED) is 0.599. The van der Waals surface area contributed by atoms with Gasteiger partial charge in [-0.25, -0.2) is 4.39 Å². The van der Waals surface area contributed by atoms with Gasteiger partial charge in [-0.15, -0.1) is 0 Å². The average molecular weight is 402 g/mol. The summed E-state index contributed by atoms with van der Waals surface area (Å²) >= 11 is 1.30. The number of hydrogen-bond acceptors (Lipinski definition) is 4. The maximum Gasteiger partial charge on any atom is 0.279 e. The fourth-order valence-electron chi connectivity index (χ4n) is 3.12. The SMILES string of the molecule is CCN(CC)c1ccc(C(=O)N=c2sc3cccc(F)c3n2CCOC)cc1. The number of methoxy groups -OCH3 is 1. The number of benzene rings is 2. The monoisotopic (exact) mass is 401 g/mol. The fourth-order valence-corrected chi connectivity index (χ4v) is 4.19. The number of aromatic nitrogens is 1. The molecule has 5 nitrogen and oxygen atoms in total. The second-order valence-corrected chi connectivity index (χ2v) is 7.26. The van der Waals surface area contributed by atoms with Crippen molar-refractivity contribution < 1.29 is 13.9 Å². The van der Waals surface area contributed by atoms with E-state index in [2.05, 4.69) is 23.7 Å². The molecule has 0 aliphatic heterocycles. The molecule has 1 aromatic heterocycles. The number of ether oxygens (including phenoxy) is 1. The molecule has 3 aromatic rings. The van der Waals surface area contributed by atoms with Crippen molar-refractivity contribution in [3.05, 3.63) is 58.6 Å². The molecule has 0 saturated carbocycles. The molecule has 2 aromatic carbocycles. The topological polar surface area (TPSA) is 46.8 Å². The van der Waals surface area contributed by atoms with Gasteiger partial charge < -0.3 is 14.2 Å². The van der Waals surface area contributed by atoms with Gasteiger partial charge in [0.15, 0.2) is 4.80 Å². The number of carbonyl (C=O) groups excluding carboxylic acids is 1. The molecule has 0 spiro atoms. The standard InChI is InChI=1S/C21H24FN3O2S/c1-4-24(5-2)16-11-9-15(10-12-16)20(26)23-21-25(13-14-27-3)19-17(22)7-6-8-18(19)28-21/h6-12H,4-5,13-14H2,1-3H3. The van der Waals surface area contributed by atoms with Crippen molar-refractivity contribution in [3.8, 4) is 0 Å². The summed E-state index contributed by atoms with van der Waals surface area (Å²) in [5.74, 6) is -0.674. The van der Waals surface area contributed by atoms with E-state index in [-0.39, 0.29) is 11.7 Å². The predicted molar refractivity (Wildman–Crippen MR) is 112 cm³/mol. The number of fused-ring (bicyclic) bond motifs is 1. The maximum atomic E-state index is 14.3. The van der Waals surface area contributed by atoms with Crippen LogP contribution >= 0.6 is 11.3 Å². The largest absolute Gasteiger partial charge is 0.383 e. The summed E-state index contributed by atoms with van der Waals surface area (Å²) in [6.45, 7) is 6.82. The highest BCUT2D eigenvalue weighted by Crippen LogP contribution is 2.21. The van der Waals surface area contributed by atoms with Gasteiger partial charge in [0.05, 0.1) is 16.8 Å². The minimum Gasteiger partial charge on any atom is -0.383 e. The molecule has 1 heterocycles. The molecule has 0 radical (unpaired) electrons. The van der Waals surface area contributed by atoms with Crippen LogP contribution < -0.4 is 9.70 Å². The summed E-state index contributed by atoms with van der Waals surface area (Å²) in [4.78, 5) is 19.7. The Morgan fingerprint density at radius 1 is 1.18 bits per heavy atom. The molecule has 0 aliphatic carbocycles. The zero-order chi connectivity index (χ0) is 20.1. The Hall–Kier alpha value is -2.51. The van der Waals surface area contributed by atoms with E-state index in [1.807, 2.05) is 18.2 Å². The van der Waals surface area contributed by atoms with Crippen molar-refractivity contribution in [1.82, 2.24) is 4.57 Å². The molecule has 28 heavy (non-hydrogen) atoms. The molecule has 0 N–H and O–H groups in total. The molecule has 148 valence electrons. The van der Waals surface area contributed by atoms with Gasteiger partial charge in [-0.05, 0) is 50.2 Å². The summed E-state index contributed by atoms with van der Waals surface area (Å²) < 4.78 is 21.9. The van der Waals surface area contributed by atoms with Gasteiger partial charge in [0, 0.05) is 38.0 Å². The molecule has 0 unspecified atom stereocenters. The van der Waals surface area contributed by atoms with Crippen LogP contribution in [-0.2, 0) is 11.3 Å². The van der Waals surface area contributed by atoms with Crippen LogP contribution in [0.2, 0.25) is 0 Å². The highest BCUT2D eigenvalue weighted by molar-refractivity contribution is 7.16. The van der Waals surface area contributed by atoms with Crippen molar-refractivity contribution in [3.63, 3.8) is 0 Å². The normalized spacial score (nSPS) is 11.9. The average Bonchev–Trinajstić information content (AvgIpc) is 3.06. The lowest BCUT2D eigenvalue weighted by atomic mass is 10.2. The van der Waals surface area contributed by atoms with Gasteiger partial charge in [-0.3, -0.25) is 4.79 Å². The summed E-state index contributed by atoms with van der Waals surface area (Å²) in [6, 6.07) is 12.3. The Morgan fingerprint density at radius 2 is 1.89 bits per heavy atom. The van der Waals surface area contributed by atoms with Crippen LogP contribution in [0.25, 0.3) is 10.2 Å². The molecule has 0 atom stereocenters. The van der Waals surface area contributed by atoms with E-state index < -0.39 is 0 Å². The van der Waals surface area contributed by atoms with Crippen LogP contribution in [0, 0.1) is 5.82 Å². The molecule has 7 heteroatoms. The molecule has 1 amide bonds. The smallest absolute Gasteiger partial charge is 0.279 e. The zero-order valence-electron chi connectivity index (χ0n) is 16.3. The Bertz CT molecular complexity index is 1020. The van der Waals surface area contributed by atoms with Crippen molar-refractivity contribution in [2.75, 3.05) is 31.7 Å². The first-order valence-corrected chi connectivity index (χ1v) is 10.1. The highest BCUT2D eigenvalue weighted by Gasteiger charge is 2.13. The van der Waals surface area contributed by atoms with Gasteiger partial charge in [0.25, 0.3) is 5.91 Å². The van der Waals surface area contributed by atoms with E-state index in [0.29, 0.717) is 29.0 Å².